The zero-order valence-corrected chi connectivity index (χ0v) is 16.2. The minimum atomic E-state index is -1.01. The molecule has 1 aromatic carbocycles. The Morgan fingerprint density at radius 1 is 1.32 bits per heavy atom. The number of carbonyl (C=O) groups excluding carboxylic acids is 1. The third kappa shape index (κ3) is 4.42. The number of pyridine rings is 1. The summed E-state index contributed by atoms with van der Waals surface area (Å²) >= 11 is 5.55. The summed E-state index contributed by atoms with van der Waals surface area (Å²) in [5, 5.41) is 2.82. The lowest BCUT2D eigenvalue weighted by Gasteiger charge is -2.25. The number of rotatable bonds is 4. The fraction of sp³-hybridized carbons (Fsp3) is 0.250. The van der Waals surface area contributed by atoms with Crippen LogP contribution in [0.1, 0.15) is 19.4 Å². The quantitative estimate of drug-likeness (QED) is 0.661. The molecule has 0 fully saturated rings. The fourth-order valence-corrected chi connectivity index (χ4v) is 2.64. The molecular formula is C16H16BrIN2O2. The zero-order chi connectivity index (χ0) is 16.3. The second-order valence-corrected chi connectivity index (χ2v) is 7.50. The van der Waals surface area contributed by atoms with E-state index in [0.29, 0.717) is 11.6 Å². The molecule has 1 aromatic heterocycles. The van der Waals surface area contributed by atoms with Crippen LogP contribution in [0.2, 0.25) is 0 Å². The zero-order valence-electron chi connectivity index (χ0n) is 12.5. The maximum Gasteiger partial charge on any atom is 0.269 e. The lowest BCUT2D eigenvalue weighted by Crippen LogP contribution is -2.42. The molecule has 116 valence electrons. The van der Waals surface area contributed by atoms with Crippen LogP contribution in [0.25, 0.3) is 0 Å². The number of anilines is 1. The summed E-state index contributed by atoms with van der Waals surface area (Å²) in [6.45, 7) is 5.37. The Hall–Kier alpha value is -1.15. The van der Waals surface area contributed by atoms with E-state index in [4.69, 9.17) is 4.74 Å². The maximum atomic E-state index is 12.5. The molecule has 0 spiro atoms. The van der Waals surface area contributed by atoms with Crippen molar-refractivity contribution in [2.45, 2.75) is 26.4 Å². The van der Waals surface area contributed by atoms with E-state index in [0.717, 1.165) is 13.6 Å². The number of aromatic nitrogens is 1. The standard InChI is InChI=1S/C16H16BrIN2O2/c1-10-8-12(18)9-19-14(10)20-15(21)16(2,3)22-13-6-4-11(17)5-7-13/h4-9H,1-3H3,(H,19,20,21). The Labute approximate surface area is 151 Å². The summed E-state index contributed by atoms with van der Waals surface area (Å²) < 4.78 is 7.78. The van der Waals surface area contributed by atoms with Crippen LogP contribution in [0.4, 0.5) is 5.82 Å². The first-order valence-corrected chi connectivity index (χ1v) is 8.53. The molecule has 0 radical (unpaired) electrons. The average Bonchev–Trinajstić information content (AvgIpc) is 2.44. The SMILES string of the molecule is Cc1cc(I)cnc1NC(=O)C(C)(C)Oc1ccc(Br)cc1. The number of amides is 1. The lowest BCUT2D eigenvalue weighted by molar-refractivity contribution is -0.128. The summed E-state index contributed by atoms with van der Waals surface area (Å²) in [6, 6.07) is 9.33. The number of nitrogens with one attached hydrogen (secondary N) is 1. The van der Waals surface area contributed by atoms with Gasteiger partial charge in [-0.05, 0) is 79.3 Å². The molecule has 4 nitrogen and oxygen atoms in total. The molecule has 0 saturated carbocycles. The van der Waals surface area contributed by atoms with Crippen LogP contribution in [0.15, 0.2) is 41.0 Å². The van der Waals surface area contributed by atoms with Crippen molar-refractivity contribution in [2.24, 2.45) is 0 Å². The fourth-order valence-electron chi connectivity index (χ4n) is 1.77. The van der Waals surface area contributed by atoms with Crippen molar-refractivity contribution in [2.75, 3.05) is 5.32 Å². The Kier molecular flexibility index (Phi) is 5.44. The number of benzene rings is 1. The highest BCUT2D eigenvalue weighted by Gasteiger charge is 2.30. The highest BCUT2D eigenvalue weighted by Crippen LogP contribution is 2.23. The molecule has 22 heavy (non-hydrogen) atoms. The van der Waals surface area contributed by atoms with Crippen molar-refractivity contribution in [1.29, 1.82) is 0 Å². The van der Waals surface area contributed by atoms with E-state index < -0.39 is 5.60 Å². The van der Waals surface area contributed by atoms with Gasteiger partial charge in [-0.2, -0.15) is 0 Å². The van der Waals surface area contributed by atoms with E-state index in [9.17, 15) is 4.79 Å². The molecule has 0 saturated heterocycles. The van der Waals surface area contributed by atoms with Gasteiger partial charge in [0.2, 0.25) is 0 Å². The summed E-state index contributed by atoms with van der Waals surface area (Å²) in [5.41, 5.74) is -0.0926. The second-order valence-electron chi connectivity index (χ2n) is 5.34. The van der Waals surface area contributed by atoms with Crippen LogP contribution in [0.3, 0.4) is 0 Å². The molecule has 1 amide bonds. The van der Waals surface area contributed by atoms with Gasteiger partial charge < -0.3 is 10.1 Å². The highest BCUT2D eigenvalue weighted by atomic mass is 127. The van der Waals surface area contributed by atoms with E-state index in [1.165, 1.54) is 0 Å². The van der Waals surface area contributed by atoms with Gasteiger partial charge >= 0.3 is 0 Å². The Balaban J connectivity index is 2.11. The van der Waals surface area contributed by atoms with E-state index in [2.05, 4.69) is 48.8 Å². The first-order chi connectivity index (χ1) is 10.3. The van der Waals surface area contributed by atoms with E-state index in [1.807, 2.05) is 37.3 Å². The number of ether oxygens (including phenoxy) is 1. The summed E-state index contributed by atoms with van der Waals surface area (Å²) in [6.07, 6.45) is 1.71. The molecule has 0 unspecified atom stereocenters. The van der Waals surface area contributed by atoms with Crippen molar-refractivity contribution in [3.05, 3.63) is 50.1 Å². The summed E-state index contributed by atoms with van der Waals surface area (Å²) in [7, 11) is 0. The molecule has 0 atom stereocenters. The molecule has 0 aliphatic carbocycles. The molecular weight excluding hydrogens is 459 g/mol. The third-order valence-corrected chi connectivity index (χ3v) is 4.13. The van der Waals surface area contributed by atoms with E-state index >= 15 is 0 Å². The minimum absolute atomic E-state index is 0.243. The Morgan fingerprint density at radius 3 is 2.55 bits per heavy atom. The van der Waals surface area contributed by atoms with Crippen molar-refractivity contribution < 1.29 is 9.53 Å². The molecule has 2 rings (SSSR count). The summed E-state index contributed by atoms with van der Waals surface area (Å²) in [4.78, 5) is 16.7. The van der Waals surface area contributed by atoms with Crippen molar-refractivity contribution >= 4 is 50.2 Å². The minimum Gasteiger partial charge on any atom is -0.478 e. The van der Waals surface area contributed by atoms with Gasteiger partial charge in [0.1, 0.15) is 11.6 Å². The summed E-state index contributed by atoms with van der Waals surface area (Å²) in [5.74, 6) is 0.945. The molecule has 0 bridgehead atoms. The number of halogens is 2. The van der Waals surface area contributed by atoms with Crippen LogP contribution < -0.4 is 10.1 Å². The third-order valence-electron chi connectivity index (χ3n) is 3.01. The van der Waals surface area contributed by atoms with Gasteiger partial charge in [-0.1, -0.05) is 15.9 Å². The molecule has 1 heterocycles. The number of carbonyl (C=O) groups is 1. The Bertz CT molecular complexity index is 687. The van der Waals surface area contributed by atoms with Gasteiger partial charge in [-0.15, -0.1) is 0 Å². The largest absolute Gasteiger partial charge is 0.478 e. The topological polar surface area (TPSA) is 51.2 Å². The molecule has 0 aliphatic rings. The first-order valence-electron chi connectivity index (χ1n) is 6.66. The lowest BCUT2D eigenvalue weighted by atomic mass is 10.1. The smallest absolute Gasteiger partial charge is 0.269 e. The van der Waals surface area contributed by atoms with Gasteiger partial charge in [-0.3, -0.25) is 4.79 Å². The predicted molar refractivity (Wildman–Crippen MR) is 99.2 cm³/mol. The second kappa shape index (κ2) is 6.95. The molecule has 2 aromatic rings. The molecule has 0 aliphatic heterocycles. The monoisotopic (exact) mass is 474 g/mol. The normalized spacial score (nSPS) is 11.1. The number of hydrogen-bond donors (Lipinski definition) is 1. The number of hydrogen-bond acceptors (Lipinski definition) is 3. The van der Waals surface area contributed by atoms with Crippen molar-refractivity contribution in [3.8, 4) is 5.75 Å². The van der Waals surface area contributed by atoms with Crippen molar-refractivity contribution in [3.63, 3.8) is 0 Å². The van der Waals surface area contributed by atoms with Crippen LogP contribution in [-0.4, -0.2) is 16.5 Å². The van der Waals surface area contributed by atoms with Crippen LogP contribution >= 0.6 is 38.5 Å². The average molecular weight is 475 g/mol. The Morgan fingerprint density at radius 2 is 1.95 bits per heavy atom. The first kappa shape index (κ1) is 17.2. The van der Waals surface area contributed by atoms with Gasteiger partial charge in [0.15, 0.2) is 5.60 Å². The highest BCUT2D eigenvalue weighted by molar-refractivity contribution is 14.1. The number of nitrogens with zero attached hydrogens (tertiary/aromatic N) is 1. The van der Waals surface area contributed by atoms with E-state index in [1.54, 1.807) is 20.0 Å². The van der Waals surface area contributed by atoms with E-state index in [-0.39, 0.29) is 5.91 Å². The predicted octanol–water partition coefficient (Wildman–Crippen LogP) is 4.55. The van der Waals surface area contributed by atoms with Gasteiger partial charge in [0, 0.05) is 14.2 Å². The van der Waals surface area contributed by atoms with Crippen LogP contribution in [-0.2, 0) is 4.79 Å². The van der Waals surface area contributed by atoms with Gasteiger partial charge in [0.05, 0.1) is 0 Å². The van der Waals surface area contributed by atoms with Gasteiger partial charge in [0.25, 0.3) is 5.91 Å². The number of aryl methyl sites for hydroxylation is 1. The maximum absolute atomic E-state index is 12.5. The van der Waals surface area contributed by atoms with Crippen LogP contribution in [0, 0.1) is 10.5 Å². The van der Waals surface area contributed by atoms with Crippen LogP contribution in [0.5, 0.6) is 5.75 Å². The van der Waals surface area contributed by atoms with Gasteiger partial charge in [-0.25, -0.2) is 4.98 Å². The molecule has 6 heteroatoms. The van der Waals surface area contributed by atoms with Crippen molar-refractivity contribution in [1.82, 2.24) is 4.98 Å². The molecule has 1 N–H and O–H groups in total.